The topological polar surface area (TPSA) is 91.5 Å². The third-order valence-corrected chi connectivity index (χ3v) is 4.86. The number of hydrogen-bond acceptors (Lipinski definition) is 4. The summed E-state index contributed by atoms with van der Waals surface area (Å²) in [6, 6.07) is -0.0383. The summed E-state index contributed by atoms with van der Waals surface area (Å²) in [5, 5.41) is 3.01. The number of carbonyl (C=O) groups is 3. The second kappa shape index (κ2) is 8.38. The molecular formula is C19H29N3O4. The predicted octanol–water partition coefficient (Wildman–Crippen LogP) is 2.05. The lowest BCUT2D eigenvalue weighted by molar-refractivity contribution is -0.125. The van der Waals surface area contributed by atoms with Crippen LogP contribution in [0.5, 0.6) is 0 Å². The lowest BCUT2D eigenvalue weighted by Gasteiger charge is -2.33. The molecule has 144 valence electrons. The fourth-order valence-corrected chi connectivity index (χ4v) is 3.32. The van der Waals surface area contributed by atoms with Crippen molar-refractivity contribution in [2.75, 3.05) is 20.2 Å². The Morgan fingerprint density at radius 1 is 1.35 bits per heavy atom. The Bertz CT molecular complexity index is 693. The van der Waals surface area contributed by atoms with Gasteiger partial charge in [-0.2, -0.15) is 0 Å². The molecule has 1 fully saturated rings. The molecule has 0 saturated carbocycles. The van der Waals surface area contributed by atoms with Crippen LogP contribution in [0.1, 0.15) is 65.7 Å². The SMILES string of the molecule is CCc1[nH]c(C(=O)N2CCC[C@@H](NC(=O)C(C)C)C2)c(C)c1C(=O)OC. The largest absolute Gasteiger partial charge is 0.465 e. The average molecular weight is 363 g/mol. The van der Waals surface area contributed by atoms with E-state index in [1.165, 1.54) is 7.11 Å². The molecular weight excluding hydrogens is 334 g/mol. The molecule has 0 bridgehead atoms. The van der Waals surface area contributed by atoms with Crippen LogP contribution < -0.4 is 5.32 Å². The van der Waals surface area contributed by atoms with Crippen LogP contribution in [-0.2, 0) is 16.0 Å². The van der Waals surface area contributed by atoms with Gasteiger partial charge in [0.15, 0.2) is 0 Å². The quantitative estimate of drug-likeness (QED) is 0.783. The Hall–Kier alpha value is -2.31. The van der Waals surface area contributed by atoms with Gasteiger partial charge >= 0.3 is 5.97 Å². The van der Waals surface area contributed by atoms with Crippen molar-refractivity contribution in [1.82, 2.24) is 15.2 Å². The lowest BCUT2D eigenvalue weighted by atomic mass is 10.0. The van der Waals surface area contributed by atoms with Crippen LogP contribution in [-0.4, -0.2) is 53.9 Å². The molecule has 7 nitrogen and oxygen atoms in total. The molecule has 0 unspecified atom stereocenters. The summed E-state index contributed by atoms with van der Waals surface area (Å²) >= 11 is 0. The highest BCUT2D eigenvalue weighted by atomic mass is 16.5. The van der Waals surface area contributed by atoms with Gasteiger partial charge in [0.05, 0.1) is 12.7 Å². The predicted molar refractivity (Wildman–Crippen MR) is 98.2 cm³/mol. The van der Waals surface area contributed by atoms with Crippen molar-refractivity contribution in [3.05, 3.63) is 22.5 Å². The van der Waals surface area contributed by atoms with Crippen LogP contribution in [0.4, 0.5) is 0 Å². The van der Waals surface area contributed by atoms with Crippen molar-refractivity contribution in [3.8, 4) is 0 Å². The van der Waals surface area contributed by atoms with Crippen LogP contribution in [0.2, 0.25) is 0 Å². The van der Waals surface area contributed by atoms with E-state index in [4.69, 9.17) is 4.74 Å². The van der Waals surface area contributed by atoms with Crippen molar-refractivity contribution >= 4 is 17.8 Å². The normalized spacial score (nSPS) is 17.3. The van der Waals surface area contributed by atoms with Gasteiger partial charge in [0.1, 0.15) is 5.69 Å². The van der Waals surface area contributed by atoms with E-state index in [1.54, 1.807) is 11.8 Å². The van der Waals surface area contributed by atoms with Gasteiger partial charge in [-0.05, 0) is 31.7 Å². The minimum absolute atomic E-state index is 0.00148. The number of aryl methyl sites for hydroxylation is 1. The molecule has 0 spiro atoms. The monoisotopic (exact) mass is 363 g/mol. The number of methoxy groups -OCH3 is 1. The highest BCUT2D eigenvalue weighted by molar-refractivity contribution is 6.00. The minimum Gasteiger partial charge on any atom is -0.465 e. The van der Waals surface area contributed by atoms with Gasteiger partial charge in [0, 0.05) is 30.7 Å². The number of nitrogens with zero attached hydrogens (tertiary/aromatic N) is 1. The lowest BCUT2D eigenvalue weighted by Crippen LogP contribution is -2.50. The number of aromatic amines is 1. The van der Waals surface area contributed by atoms with E-state index < -0.39 is 5.97 Å². The summed E-state index contributed by atoms with van der Waals surface area (Å²) in [7, 11) is 1.34. The molecule has 2 N–H and O–H groups in total. The van der Waals surface area contributed by atoms with Crippen molar-refractivity contribution in [3.63, 3.8) is 0 Å². The number of amides is 2. The van der Waals surface area contributed by atoms with E-state index >= 15 is 0 Å². The van der Waals surface area contributed by atoms with Gasteiger partial charge in [0.2, 0.25) is 5.91 Å². The Morgan fingerprint density at radius 2 is 2.04 bits per heavy atom. The number of hydrogen-bond donors (Lipinski definition) is 2. The Morgan fingerprint density at radius 3 is 2.62 bits per heavy atom. The van der Waals surface area contributed by atoms with Gasteiger partial charge < -0.3 is 19.9 Å². The first-order valence-corrected chi connectivity index (χ1v) is 9.19. The summed E-state index contributed by atoms with van der Waals surface area (Å²) < 4.78 is 4.85. The Kier molecular flexibility index (Phi) is 6.45. The maximum Gasteiger partial charge on any atom is 0.339 e. The highest BCUT2D eigenvalue weighted by Crippen LogP contribution is 2.23. The number of aromatic nitrogens is 1. The second-order valence-corrected chi connectivity index (χ2v) is 7.08. The van der Waals surface area contributed by atoms with E-state index in [1.807, 2.05) is 20.8 Å². The third kappa shape index (κ3) is 4.08. The highest BCUT2D eigenvalue weighted by Gasteiger charge is 2.30. The minimum atomic E-state index is -0.435. The number of H-pyrrole nitrogens is 1. The molecule has 2 heterocycles. The van der Waals surface area contributed by atoms with E-state index in [9.17, 15) is 14.4 Å². The first kappa shape index (κ1) is 20.0. The van der Waals surface area contributed by atoms with Crippen molar-refractivity contribution in [2.24, 2.45) is 5.92 Å². The zero-order valence-corrected chi connectivity index (χ0v) is 16.3. The molecule has 0 aliphatic carbocycles. The number of likely N-dealkylation sites (tertiary alicyclic amines) is 1. The molecule has 1 aromatic heterocycles. The van der Waals surface area contributed by atoms with Crippen LogP contribution >= 0.6 is 0 Å². The summed E-state index contributed by atoms with van der Waals surface area (Å²) in [5.74, 6) is -0.658. The zero-order chi connectivity index (χ0) is 19.4. The van der Waals surface area contributed by atoms with Gasteiger partial charge in [-0.25, -0.2) is 4.79 Å². The van der Waals surface area contributed by atoms with E-state index in [-0.39, 0.29) is 23.8 Å². The van der Waals surface area contributed by atoms with Crippen LogP contribution in [0.15, 0.2) is 0 Å². The first-order valence-electron chi connectivity index (χ1n) is 9.19. The summed E-state index contributed by atoms with van der Waals surface area (Å²) in [4.78, 5) is 41.8. The maximum atomic E-state index is 13.0. The number of ether oxygens (including phenoxy) is 1. The van der Waals surface area contributed by atoms with Gasteiger partial charge in [-0.1, -0.05) is 20.8 Å². The van der Waals surface area contributed by atoms with E-state index in [2.05, 4.69) is 10.3 Å². The molecule has 1 aliphatic rings. The van der Waals surface area contributed by atoms with Gasteiger partial charge in [-0.3, -0.25) is 9.59 Å². The number of carbonyl (C=O) groups excluding carboxylic acids is 3. The molecule has 1 aromatic rings. The Labute approximate surface area is 154 Å². The molecule has 1 aliphatic heterocycles. The third-order valence-electron chi connectivity index (χ3n) is 4.86. The maximum absolute atomic E-state index is 13.0. The van der Waals surface area contributed by atoms with Crippen molar-refractivity contribution in [2.45, 2.75) is 53.0 Å². The van der Waals surface area contributed by atoms with Crippen LogP contribution in [0.25, 0.3) is 0 Å². The smallest absolute Gasteiger partial charge is 0.339 e. The molecule has 1 atom stereocenters. The molecule has 2 amide bonds. The van der Waals surface area contributed by atoms with E-state index in [0.29, 0.717) is 42.0 Å². The van der Waals surface area contributed by atoms with Gasteiger partial charge in [-0.15, -0.1) is 0 Å². The number of nitrogens with one attached hydrogen (secondary N) is 2. The zero-order valence-electron chi connectivity index (χ0n) is 16.3. The van der Waals surface area contributed by atoms with E-state index in [0.717, 1.165) is 12.8 Å². The number of rotatable bonds is 5. The fraction of sp³-hybridized carbons (Fsp3) is 0.632. The molecule has 0 aromatic carbocycles. The second-order valence-electron chi connectivity index (χ2n) is 7.08. The average Bonchev–Trinajstić information content (AvgIpc) is 2.97. The Balaban J connectivity index is 2.19. The van der Waals surface area contributed by atoms with Crippen molar-refractivity contribution < 1.29 is 19.1 Å². The number of piperidine rings is 1. The number of esters is 1. The summed E-state index contributed by atoms with van der Waals surface area (Å²) in [6.07, 6.45) is 2.30. The summed E-state index contributed by atoms with van der Waals surface area (Å²) in [6.45, 7) is 8.50. The van der Waals surface area contributed by atoms with Crippen LogP contribution in [0.3, 0.4) is 0 Å². The standard InChI is InChI=1S/C19H29N3O4/c1-6-14-15(19(25)26-5)12(4)16(21-14)18(24)22-9-7-8-13(10-22)20-17(23)11(2)3/h11,13,21H,6-10H2,1-5H3,(H,20,23)/t13-/m1/s1. The van der Waals surface area contributed by atoms with Gasteiger partial charge in [0.25, 0.3) is 5.91 Å². The van der Waals surface area contributed by atoms with Crippen molar-refractivity contribution in [1.29, 1.82) is 0 Å². The fourth-order valence-electron chi connectivity index (χ4n) is 3.32. The first-order chi connectivity index (χ1) is 12.3. The molecule has 0 radical (unpaired) electrons. The molecule has 26 heavy (non-hydrogen) atoms. The molecule has 1 saturated heterocycles. The van der Waals surface area contributed by atoms with Crippen LogP contribution in [0, 0.1) is 12.8 Å². The molecule has 2 rings (SSSR count). The molecule has 7 heteroatoms. The summed E-state index contributed by atoms with van der Waals surface area (Å²) in [5.41, 5.74) is 2.20.